The highest BCUT2D eigenvalue weighted by molar-refractivity contribution is 5.93. The Kier molecular flexibility index (Phi) is 5.34. The van der Waals surface area contributed by atoms with Gasteiger partial charge in [-0.15, -0.1) is 0 Å². The Hall–Kier alpha value is -2.51. The van der Waals surface area contributed by atoms with Crippen molar-refractivity contribution in [1.82, 2.24) is 0 Å². The number of hydrogen-bond donors (Lipinski definition) is 0. The van der Waals surface area contributed by atoms with E-state index in [1.54, 1.807) is 12.1 Å². The monoisotopic (exact) mass is 376 g/mol. The van der Waals surface area contributed by atoms with Gasteiger partial charge in [-0.2, -0.15) is 26.3 Å². The van der Waals surface area contributed by atoms with Crippen molar-refractivity contribution in [2.24, 2.45) is 0 Å². The van der Waals surface area contributed by atoms with Crippen LogP contribution in [0.1, 0.15) is 46.8 Å². The standard InChI is InChI=1S/C18H14F6O2/c1-10(2)11-3-6-13(7-4-11)26-16(25)14-9-12(17(19,20)21)5-8-15(14)18(22,23)24/h3-10H,1-2H3. The third kappa shape index (κ3) is 4.56. The second-order valence-electron chi connectivity index (χ2n) is 5.87. The van der Waals surface area contributed by atoms with Crippen molar-refractivity contribution in [2.45, 2.75) is 32.1 Å². The number of hydrogen-bond acceptors (Lipinski definition) is 2. The van der Waals surface area contributed by atoms with E-state index in [4.69, 9.17) is 4.74 Å². The molecule has 2 aromatic rings. The minimum atomic E-state index is -5.00. The lowest BCUT2D eigenvalue weighted by Gasteiger charge is -2.15. The Balaban J connectivity index is 2.39. The minimum absolute atomic E-state index is 0.0649. The van der Waals surface area contributed by atoms with Crippen LogP contribution in [0.25, 0.3) is 0 Å². The summed E-state index contributed by atoms with van der Waals surface area (Å²) in [5.74, 6) is -1.40. The zero-order valence-electron chi connectivity index (χ0n) is 13.7. The summed E-state index contributed by atoms with van der Waals surface area (Å²) >= 11 is 0. The summed E-state index contributed by atoms with van der Waals surface area (Å²) in [7, 11) is 0. The topological polar surface area (TPSA) is 26.3 Å². The maximum Gasteiger partial charge on any atom is 0.417 e. The van der Waals surface area contributed by atoms with Crippen LogP contribution in [0.2, 0.25) is 0 Å². The molecule has 0 N–H and O–H groups in total. The van der Waals surface area contributed by atoms with Gasteiger partial charge in [0, 0.05) is 0 Å². The van der Waals surface area contributed by atoms with E-state index in [9.17, 15) is 31.1 Å². The molecule has 0 heterocycles. The first kappa shape index (κ1) is 19.8. The summed E-state index contributed by atoms with van der Waals surface area (Å²) in [6, 6.07) is 6.61. The Labute approximate surface area is 145 Å². The van der Waals surface area contributed by atoms with Crippen LogP contribution in [0.4, 0.5) is 26.3 Å². The molecular formula is C18H14F6O2. The molecule has 0 fully saturated rings. The molecule has 0 atom stereocenters. The summed E-state index contributed by atoms with van der Waals surface area (Å²) in [6.07, 6.45) is -9.89. The number of benzene rings is 2. The first-order valence-corrected chi connectivity index (χ1v) is 7.50. The highest BCUT2D eigenvalue weighted by Gasteiger charge is 2.39. The second-order valence-corrected chi connectivity index (χ2v) is 5.87. The fraction of sp³-hybridized carbons (Fsp3) is 0.278. The van der Waals surface area contributed by atoms with Crippen LogP contribution >= 0.6 is 0 Å². The third-order valence-electron chi connectivity index (χ3n) is 3.63. The van der Waals surface area contributed by atoms with E-state index in [0.717, 1.165) is 5.56 Å². The van der Waals surface area contributed by atoms with Crippen LogP contribution in [0.15, 0.2) is 42.5 Å². The van der Waals surface area contributed by atoms with Crippen LogP contribution < -0.4 is 4.74 Å². The van der Waals surface area contributed by atoms with Crippen LogP contribution in [-0.4, -0.2) is 5.97 Å². The van der Waals surface area contributed by atoms with Gasteiger partial charge in [0.2, 0.25) is 0 Å². The summed E-state index contributed by atoms with van der Waals surface area (Å²) < 4.78 is 82.2. The molecule has 0 aliphatic carbocycles. The highest BCUT2D eigenvalue weighted by atomic mass is 19.4. The van der Waals surface area contributed by atoms with Crippen LogP contribution in [-0.2, 0) is 12.4 Å². The van der Waals surface area contributed by atoms with Gasteiger partial charge in [-0.05, 0) is 41.8 Å². The van der Waals surface area contributed by atoms with Crippen LogP contribution in [0.5, 0.6) is 5.75 Å². The smallest absolute Gasteiger partial charge is 0.417 e. The first-order chi connectivity index (χ1) is 11.9. The van der Waals surface area contributed by atoms with Gasteiger partial charge in [-0.3, -0.25) is 0 Å². The number of carbonyl (C=O) groups is 1. The number of rotatable bonds is 3. The predicted octanol–water partition coefficient (Wildman–Crippen LogP) is 6.07. The number of ether oxygens (including phenoxy) is 1. The average Bonchev–Trinajstić information content (AvgIpc) is 2.53. The quantitative estimate of drug-likeness (QED) is 0.369. The first-order valence-electron chi connectivity index (χ1n) is 7.50. The van der Waals surface area contributed by atoms with Crippen LogP contribution in [0, 0.1) is 0 Å². The molecule has 0 aliphatic rings. The number of esters is 1. The van der Waals surface area contributed by atoms with Crippen LogP contribution in [0.3, 0.4) is 0 Å². The Morgan fingerprint density at radius 2 is 1.46 bits per heavy atom. The van der Waals surface area contributed by atoms with Gasteiger partial charge in [-0.25, -0.2) is 4.79 Å². The van der Waals surface area contributed by atoms with Crippen molar-refractivity contribution < 1.29 is 35.9 Å². The van der Waals surface area contributed by atoms with E-state index in [1.807, 2.05) is 13.8 Å². The second kappa shape index (κ2) is 7.01. The van der Waals surface area contributed by atoms with E-state index in [2.05, 4.69) is 0 Å². The molecule has 0 radical (unpaired) electrons. The van der Waals surface area contributed by atoms with Crippen molar-refractivity contribution in [3.05, 3.63) is 64.7 Å². The Morgan fingerprint density at radius 3 is 1.92 bits per heavy atom. The molecule has 2 rings (SSSR count). The molecule has 0 aliphatic heterocycles. The fourth-order valence-corrected chi connectivity index (χ4v) is 2.22. The van der Waals surface area contributed by atoms with Crippen molar-refractivity contribution in [3.8, 4) is 5.75 Å². The van der Waals surface area contributed by atoms with E-state index < -0.39 is 35.0 Å². The molecule has 0 amide bonds. The number of carbonyl (C=O) groups excluding carboxylic acids is 1. The number of halogens is 6. The summed E-state index contributed by atoms with van der Waals surface area (Å²) in [5, 5.41) is 0. The number of alkyl halides is 6. The van der Waals surface area contributed by atoms with E-state index >= 15 is 0 Å². The third-order valence-corrected chi connectivity index (χ3v) is 3.63. The van der Waals surface area contributed by atoms with Gasteiger partial charge in [0.15, 0.2) is 0 Å². The Bertz CT molecular complexity index is 789. The average molecular weight is 376 g/mol. The van der Waals surface area contributed by atoms with Crippen molar-refractivity contribution in [2.75, 3.05) is 0 Å². The molecule has 0 saturated heterocycles. The highest BCUT2D eigenvalue weighted by Crippen LogP contribution is 2.37. The molecule has 2 nitrogen and oxygen atoms in total. The Morgan fingerprint density at radius 1 is 0.885 bits per heavy atom. The molecule has 0 unspecified atom stereocenters. The van der Waals surface area contributed by atoms with Gasteiger partial charge in [0.05, 0.1) is 16.7 Å². The minimum Gasteiger partial charge on any atom is -0.423 e. The molecule has 0 spiro atoms. The zero-order chi connectivity index (χ0) is 19.7. The molecule has 8 heteroatoms. The molecular weight excluding hydrogens is 362 g/mol. The molecule has 26 heavy (non-hydrogen) atoms. The predicted molar refractivity (Wildman–Crippen MR) is 81.9 cm³/mol. The lowest BCUT2D eigenvalue weighted by molar-refractivity contribution is -0.141. The van der Waals surface area contributed by atoms with Crippen molar-refractivity contribution >= 4 is 5.97 Å². The van der Waals surface area contributed by atoms with E-state index in [-0.39, 0.29) is 29.9 Å². The van der Waals surface area contributed by atoms with E-state index in [0.29, 0.717) is 0 Å². The zero-order valence-corrected chi connectivity index (χ0v) is 13.7. The lowest BCUT2D eigenvalue weighted by atomic mass is 10.0. The maximum atomic E-state index is 13.0. The van der Waals surface area contributed by atoms with Gasteiger partial charge in [-0.1, -0.05) is 26.0 Å². The van der Waals surface area contributed by atoms with E-state index in [1.165, 1.54) is 12.1 Å². The molecule has 0 saturated carbocycles. The fourth-order valence-electron chi connectivity index (χ4n) is 2.22. The van der Waals surface area contributed by atoms with Gasteiger partial charge in [0.25, 0.3) is 0 Å². The SMILES string of the molecule is CC(C)c1ccc(OC(=O)c2cc(C(F)(F)F)ccc2C(F)(F)F)cc1. The molecule has 0 aromatic heterocycles. The van der Waals surface area contributed by atoms with Gasteiger partial charge < -0.3 is 4.74 Å². The molecule has 2 aromatic carbocycles. The van der Waals surface area contributed by atoms with Gasteiger partial charge >= 0.3 is 18.3 Å². The molecule has 140 valence electrons. The maximum absolute atomic E-state index is 13.0. The lowest BCUT2D eigenvalue weighted by Crippen LogP contribution is -2.19. The summed E-state index contributed by atoms with van der Waals surface area (Å²) in [4.78, 5) is 12.1. The van der Waals surface area contributed by atoms with Crippen molar-refractivity contribution in [1.29, 1.82) is 0 Å². The van der Waals surface area contributed by atoms with Gasteiger partial charge in [0.1, 0.15) is 5.75 Å². The van der Waals surface area contributed by atoms with Crippen molar-refractivity contribution in [3.63, 3.8) is 0 Å². The largest absolute Gasteiger partial charge is 0.423 e. The summed E-state index contributed by atoms with van der Waals surface area (Å²) in [5.41, 5.74) is -3.15. The normalized spacial score (nSPS) is 12.3. The molecule has 0 bridgehead atoms. The summed E-state index contributed by atoms with van der Waals surface area (Å²) in [6.45, 7) is 3.83.